The van der Waals surface area contributed by atoms with Crippen molar-refractivity contribution in [3.05, 3.63) is 28.2 Å². The minimum absolute atomic E-state index is 0.416. The van der Waals surface area contributed by atoms with Crippen molar-refractivity contribution in [2.45, 2.75) is 45.7 Å². The molecule has 0 bridgehead atoms. The zero-order chi connectivity index (χ0) is 13.2. The Morgan fingerprint density at radius 2 is 2.22 bits per heavy atom. The third-order valence-corrected chi connectivity index (χ3v) is 4.53. The van der Waals surface area contributed by atoms with Crippen molar-refractivity contribution < 1.29 is 4.74 Å². The lowest BCUT2D eigenvalue weighted by Crippen LogP contribution is -2.37. The number of methoxy groups -OCH3 is 1. The second-order valence-corrected chi connectivity index (χ2v) is 6.69. The van der Waals surface area contributed by atoms with Crippen molar-refractivity contribution in [2.24, 2.45) is 5.41 Å². The first kappa shape index (κ1) is 13.9. The van der Waals surface area contributed by atoms with Gasteiger partial charge in [0.15, 0.2) is 0 Å². The quantitative estimate of drug-likeness (QED) is 0.903. The monoisotopic (exact) mass is 311 g/mol. The Hall–Kier alpha value is -0.540. The van der Waals surface area contributed by atoms with Gasteiger partial charge in [0.1, 0.15) is 5.75 Å². The van der Waals surface area contributed by atoms with Crippen LogP contribution >= 0.6 is 15.9 Å². The molecule has 1 aromatic carbocycles. The molecule has 0 aromatic heterocycles. The largest absolute Gasteiger partial charge is 0.496 e. The van der Waals surface area contributed by atoms with Crippen LogP contribution in [0.4, 0.5) is 0 Å². The molecular formula is C15H22BrNO. The van der Waals surface area contributed by atoms with Crippen molar-refractivity contribution in [1.82, 2.24) is 5.32 Å². The highest BCUT2D eigenvalue weighted by molar-refractivity contribution is 9.10. The number of ether oxygens (including phenoxy) is 1. The van der Waals surface area contributed by atoms with E-state index in [1.165, 1.54) is 24.8 Å². The maximum absolute atomic E-state index is 5.41. The predicted octanol–water partition coefficient (Wildman–Crippen LogP) is 4.13. The van der Waals surface area contributed by atoms with Gasteiger partial charge in [-0.05, 0) is 36.5 Å². The first-order chi connectivity index (χ1) is 8.53. The molecule has 1 aliphatic rings. The van der Waals surface area contributed by atoms with Gasteiger partial charge in [-0.1, -0.05) is 36.2 Å². The molecule has 1 saturated carbocycles. The van der Waals surface area contributed by atoms with E-state index in [0.29, 0.717) is 11.5 Å². The van der Waals surface area contributed by atoms with E-state index in [1.54, 1.807) is 7.11 Å². The molecule has 2 rings (SSSR count). The maximum Gasteiger partial charge on any atom is 0.123 e. The molecule has 1 fully saturated rings. The average Bonchev–Trinajstić information content (AvgIpc) is 2.66. The lowest BCUT2D eigenvalue weighted by molar-refractivity contribution is 0.281. The van der Waals surface area contributed by atoms with Gasteiger partial charge in [-0.3, -0.25) is 0 Å². The molecule has 0 saturated heterocycles. The van der Waals surface area contributed by atoms with Crippen molar-refractivity contribution in [3.63, 3.8) is 0 Å². The molecule has 18 heavy (non-hydrogen) atoms. The predicted molar refractivity (Wildman–Crippen MR) is 79.0 cm³/mol. The van der Waals surface area contributed by atoms with Gasteiger partial charge in [-0.2, -0.15) is 0 Å². The normalized spacial score (nSPS) is 22.1. The number of nitrogens with one attached hydrogen (secondary N) is 1. The lowest BCUT2D eigenvalue weighted by Gasteiger charge is -2.28. The molecule has 0 radical (unpaired) electrons. The van der Waals surface area contributed by atoms with E-state index in [1.807, 2.05) is 12.1 Å². The van der Waals surface area contributed by atoms with E-state index in [0.717, 1.165) is 16.8 Å². The summed E-state index contributed by atoms with van der Waals surface area (Å²) in [4.78, 5) is 0. The van der Waals surface area contributed by atoms with Crippen LogP contribution < -0.4 is 10.1 Å². The fourth-order valence-electron chi connectivity index (χ4n) is 2.82. The van der Waals surface area contributed by atoms with Crippen molar-refractivity contribution >= 4 is 15.9 Å². The van der Waals surface area contributed by atoms with Crippen LogP contribution in [0.25, 0.3) is 0 Å². The zero-order valence-electron chi connectivity index (χ0n) is 11.4. The van der Waals surface area contributed by atoms with Gasteiger partial charge in [0.25, 0.3) is 0 Å². The van der Waals surface area contributed by atoms with Gasteiger partial charge in [0.05, 0.1) is 7.11 Å². The minimum Gasteiger partial charge on any atom is -0.496 e. The van der Waals surface area contributed by atoms with Crippen LogP contribution in [0.5, 0.6) is 5.75 Å². The third-order valence-electron chi connectivity index (χ3n) is 4.04. The van der Waals surface area contributed by atoms with Crippen LogP contribution in [0.15, 0.2) is 22.7 Å². The summed E-state index contributed by atoms with van der Waals surface area (Å²) in [6.07, 6.45) is 3.93. The standard InChI is InChI=1S/C15H22BrNO/c1-15(2)8-4-5-14(15)17-10-11-9-12(16)6-7-13(11)18-3/h6-7,9,14,17H,4-5,8,10H2,1-3H3. The van der Waals surface area contributed by atoms with E-state index in [4.69, 9.17) is 4.74 Å². The van der Waals surface area contributed by atoms with E-state index in [9.17, 15) is 0 Å². The molecule has 1 aliphatic carbocycles. The second-order valence-electron chi connectivity index (χ2n) is 5.77. The summed E-state index contributed by atoms with van der Waals surface area (Å²) in [5, 5.41) is 3.69. The van der Waals surface area contributed by atoms with E-state index in [-0.39, 0.29) is 0 Å². The van der Waals surface area contributed by atoms with Crippen LogP contribution in [-0.2, 0) is 6.54 Å². The van der Waals surface area contributed by atoms with E-state index >= 15 is 0 Å². The summed E-state index contributed by atoms with van der Waals surface area (Å²) in [6.45, 7) is 5.59. The molecule has 1 unspecified atom stereocenters. The SMILES string of the molecule is COc1ccc(Br)cc1CNC1CCCC1(C)C. The molecule has 2 nitrogen and oxygen atoms in total. The summed E-state index contributed by atoms with van der Waals surface area (Å²) in [6, 6.07) is 6.78. The van der Waals surface area contributed by atoms with Gasteiger partial charge in [-0.25, -0.2) is 0 Å². The summed E-state index contributed by atoms with van der Waals surface area (Å²) >= 11 is 3.52. The van der Waals surface area contributed by atoms with Gasteiger partial charge >= 0.3 is 0 Å². The number of benzene rings is 1. The Bertz CT molecular complexity index is 417. The van der Waals surface area contributed by atoms with Gasteiger partial charge in [-0.15, -0.1) is 0 Å². The molecule has 1 aromatic rings. The fourth-order valence-corrected chi connectivity index (χ4v) is 3.23. The highest BCUT2D eigenvalue weighted by Crippen LogP contribution is 2.37. The molecule has 0 spiro atoms. The molecule has 1 N–H and O–H groups in total. The molecule has 0 heterocycles. The summed E-state index contributed by atoms with van der Waals surface area (Å²) in [7, 11) is 1.73. The van der Waals surface area contributed by atoms with E-state index < -0.39 is 0 Å². The zero-order valence-corrected chi connectivity index (χ0v) is 13.0. The van der Waals surface area contributed by atoms with Crippen LogP contribution in [0.3, 0.4) is 0 Å². The smallest absolute Gasteiger partial charge is 0.123 e. The third kappa shape index (κ3) is 3.07. The highest BCUT2D eigenvalue weighted by atomic mass is 79.9. The Labute approximate surface area is 118 Å². The number of hydrogen-bond acceptors (Lipinski definition) is 2. The molecule has 3 heteroatoms. The summed E-state index contributed by atoms with van der Waals surface area (Å²) in [5.74, 6) is 0.960. The molecule has 100 valence electrons. The Morgan fingerprint density at radius 3 is 2.83 bits per heavy atom. The Balaban J connectivity index is 2.04. The maximum atomic E-state index is 5.41. The molecule has 1 atom stereocenters. The average molecular weight is 312 g/mol. The van der Waals surface area contributed by atoms with Gasteiger partial charge < -0.3 is 10.1 Å². The summed E-state index contributed by atoms with van der Waals surface area (Å²) < 4.78 is 6.51. The van der Waals surface area contributed by atoms with Gasteiger partial charge in [0, 0.05) is 22.6 Å². The number of rotatable bonds is 4. The van der Waals surface area contributed by atoms with Crippen molar-refractivity contribution in [1.29, 1.82) is 0 Å². The molecule has 0 amide bonds. The molecular weight excluding hydrogens is 290 g/mol. The Morgan fingerprint density at radius 1 is 1.44 bits per heavy atom. The van der Waals surface area contributed by atoms with Crippen LogP contribution in [0.1, 0.15) is 38.7 Å². The number of hydrogen-bond donors (Lipinski definition) is 1. The van der Waals surface area contributed by atoms with Gasteiger partial charge in [0.2, 0.25) is 0 Å². The highest BCUT2D eigenvalue weighted by Gasteiger charge is 2.33. The minimum atomic E-state index is 0.416. The van der Waals surface area contributed by atoms with Crippen molar-refractivity contribution in [3.8, 4) is 5.75 Å². The number of halogens is 1. The lowest BCUT2D eigenvalue weighted by atomic mass is 9.87. The van der Waals surface area contributed by atoms with Crippen LogP contribution in [-0.4, -0.2) is 13.2 Å². The topological polar surface area (TPSA) is 21.3 Å². The van der Waals surface area contributed by atoms with Crippen LogP contribution in [0.2, 0.25) is 0 Å². The van der Waals surface area contributed by atoms with Crippen molar-refractivity contribution in [2.75, 3.05) is 7.11 Å². The van der Waals surface area contributed by atoms with E-state index in [2.05, 4.69) is 41.2 Å². The fraction of sp³-hybridized carbons (Fsp3) is 0.600. The first-order valence-electron chi connectivity index (χ1n) is 6.59. The Kier molecular flexibility index (Phi) is 4.33. The van der Waals surface area contributed by atoms with Crippen LogP contribution in [0, 0.1) is 5.41 Å². The first-order valence-corrected chi connectivity index (χ1v) is 7.38. The molecule has 0 aliphatic heterocycles. The summed E-state index contributed by atoms with van der Waals surface area (Å²) in [5.41, 5.74) is 1.63. The second kappa shape index (κ2) is 5.62.